The molecule has 2 saturated heterocycles. The van der Waals surface area contributed by atoms with Crippen LogP contribution >= 0.6 is 0 Å². The van der Waals surface area contributed by atoms with Crippen molar-refractivity contribution in [2.24, 2.45) is 10.7 Å². The lowest BCUT2D eigenvalue weighted by Crippen LogP contribution is -2.57. The Bertz CT molecular complexity index is 1400. The van der Waals surface area contributed by atoms with Gasteiger partial charge in [0.05, 0.1) is 29.7 Å². The Kier molecular flexibility index (Phi) is 8.12. The summed E-state index contributed by atoms with van der Waals surface area (Å²) in [5.41, 5.74) is 5.04. The van der Waals surface area contributed by atoms with Gasteiger partial charge in [0, 0.05) is 57.1 Å². The molecule has 0 unspecified atom stereocenters. The largest absolute Gasteiger partial charge is 0.396 e. The molecule has 41 heavy (non-hydrogen) atoms. The average Bonchev–Trinajstić information content (AvgIpc) is 3.41. The van der Waals surface area contributed by atoms with Crippen LogP contribution in [0.25, 0.3) is 11.3 Å². The molecule has 1 saturated carbocycles. The summed E-state index contributed by atoms with van der Waals surface area (Å²) in [6.45, 7) is 4.37. The van der Waals surface area contributed by atoms with Crippen molar-refractivity contribution < 1.29 is 18.4 Å². The quantitative estimate of drug-likeness (QED) is 0.467. The maximum Gasteiger partial charge on any atom is 0.279 e. The number of aromatic nitrogens is 3. The number of carbonyl (C=O) groups excluding carboxylic acids is 2. The molecule has 0 spiro atoms. The van der Waals surface area contributed by atoms with Gasteiger partial charge in [0.2, 0.25) is 5.91 Å². The first-order valence-corrected chi connectivity index (χ1v) is 13.7. The molecule has 2 amide bonds. The van der Waals surface area contributed by atoms with Crippen molar-refractivity contribution in [1.82, 2.24) is 29.9 Å². The van der Waals surface area contributed by atoms with E-state index in [9.17, 15) is 23.6 Å². The number of nitrogens with zero attached hydrogens (tertiary/aromatic N) is 7. The molecule has 1 aliphatic carbocycles. The minimum atomic E-state index is -2.98. The highest BCUT2D eigenvalue weighted by atomic mass is 19.3. The highest BCUT2D eigenvalue weighted by Gasteiger charge is 2.40. The van der Waals surface area contributed by atoms with Crippen LogP contribution < -0.4 is 11.1 Å². The van der Waals surface area contributed by atoms with Crippen LogP contribution in [-0.2, 0) is 10.3 Å². The number of hydrogen-bond acceptors (Lipinski definition) is 8. The molecule has 5 rings (SSSR count). The molecule has 11 nitrogen and oxygen atoms in total. The topological polar surface area (TPSA) is 146 Å². The molecule has 3 aliphatic rings. The number of alkyl halides is 2. The van der Waals surface area contributed by atoms with Gasteiger partial charge in [-0.1, -0.05) is 6.07 Å². The number of likely N-dealkylation sites (tertiary alicyclic amines) is 2. The Morgan fingerprint density at radius 3 is 2.61 bits per heavy atom. The van der Waals surface area contributed by atoms with Gasteiger partial charge in [-0.3, -0.25) is 24.2 Å². The van der Waals surface area contributed by atoms with Crippen LogP contribution in [0.2, 0.25) is 0 Å². The first kappa shape index (κ1) is 28.4. The van der Waals surface area contributed by atoms with Gasteiger partial charge >= 0.3 is 0 Å². The molecule has 2 aromatic heterocycles. The number of nitrogens with one attached hydrogen (secondary N) is 1. The average molecular weight is 566 g/mol. The van der Waals surface area contributed by atoms with E-state index in [1.54, 1.807) is 36.1 Å². The maximum absolute atomic E-state index is 13.5. The first-order valence-electron chi connectivity index (χ1n) is 13.7. The van der Waals surface area contributed by atoms with Gasteiger partial charge in [-0.15, -0.1) is 0 Å². The van der Waals surface area contributed by atoms with Gasteiger partial charge in [-0.25, -0.2) is 13.8 Å². The molecule has 0 aromatic carbocycles. The molecule has 2 aliphatic heterocycles. The van der Waals surface area contributed by atoms with Crippen LogP contribution in [0.1, 0.15) is 49.5 Å². The van der Waals surface area contributed by atoms with Gasteiger partial charge in [0.1, 0.15) is 16.9 Å². The van der Waals surface area contributed by atoms with E-state index in [4.69, 9.17) is 5.73 Å². The summed E-state index contributed by atoms with van der Waals surface area (Å²) in [6, 6.07) is 7.40. The fourth-order valence-corrected chi connectivity index (χ4v) is 5.40. The second-order valence-corrected chi connectivity index (χ2v) is 10.8. The van der Waals surface area contributed by atoms with Crippen molar-refractivity contribution in [1.29, 1.82) is 5.26 Å². The van der Waals surface area contributed by atoms with Crippen LogP contribution in [0.3, 0.4) is 0 Å². The van der Waals surface area contributed by atoms with Crippen molar-refractivity contribution in [3.8, 4) is 17.3 Å². The second kappa shape index (κ2) is 11.7. The number of nitriles is 1. The monoisotopic (exact) mass is 565 g/mol. The normalized spacial score (nSPS) is 20.3. The molecule has 216 valence electrons. The summed E-state index contributed by atoms with van der Waals surface area (Å²) in [5.74, 6) is -0.618. The number of nitrogens with two attached hydrogens (primary N) is 1. The van der Waals surface area contributed by atoms with E-state index in [2.05, 4.69) is 31.4 Å². The summed E-state index contributed by atoms with van der Waals surface area (Å²) in [6.07, 6.45) is 5.72. The molecule has 2 aromatic rings. The molecule has 3 fully saturated rings. The van der Waals surface area contributed by atoms with Gasteiger partial charge in [-0.05, 0) is 44.2 Å². The minimum absolute atomic E-state index is 0.00794. The van der Waals surface area contributed by atoms with Gasteiger partial charge in [0.25, 0.3) is 12.3 Å². The zero-order valence-corrected chi connectivity index (χ0v) is 22.8. The summed E-state index contributed by atoms with van der Waals surface area (Å²) in [5, 5.41) is 16.4. The lowest BCUT2D eigenvalue weighted by Gasteiger charge is -2.45. The molecule has 4 heterocycles. The number of halogens is 2. The number of aliphatic imine (C=N–C) groups is 1. The van der Waals surface area contributed by atoms with Crippen LogP contribution in [0.4, 0.5) is 8.78 Å². The fraction of sp³-hybridized carbons (Fsp3) is 0.500. The Hall–Kier alpha value is -4.18. The van der Waals surface area contributed by atoms with E-state index in [0.29, 0.717) is 30.4 Å². The second-order valence-electron chi connectivity index (χ2n) is 10.8. The van der Waals surface area contributed by atoms with E-state index in [1.807, 2.05) is 4.90 Å². The highest BCUT2D eigenvalue weighted by Crippen LogP contribution is 2.38. The van der Waals surface area contributed by atoms with Crippen molar-refractivity contribution in [3.05, 3.63) is 47.7 Å². The number of amides is 2. The van der Waals surface area contributed by atoms with Crippen molar-refractivity contribution in [3.63, 3.8) is 0 Å². The summed E-state index contributed by atoms with van der Waals surface area (Å²) < 4.78 is 28.7. The molecule has 3 N–H and O–H groups in total. The Labute approximate surface area is 236 Å². The van der Waals surface area contributed by atoms with Crippen molar-refractivity contribution in [2.45, 2.75) is 63.1 Å². The Morgan fingerprint density at radius 1 is 1.27 bits per heavy atom. The fourth-order valence-electron chi connectivity index (χ4n) is 5.40. The van der Waals surface area contributed by atoms with Gasteiger partial charge in [-0.2, -0.15) is 10.4 Å². The third kappa shape index (κ3) is 5.97. The number of pyridine rings is 1. The highest BCUT2D eigenvalue weighted by molar-refractivity contribution is 5.98. The third-order valence-electron chi connectivity index (χ3n) is 8.21. The van der Waals surface area contributed by atoms with Crippen LogP contribution in [0.15, 0.2) is 47.0 Å². The van der Waals surface area contributed by atoms with Crippen LogP contribution in [0.5, 0.6) is 0 Å². The van der Waals surface area contributed by atoms with Gasteiger partial charge in [0.15, 0.2) is 0 Å². The first-order chi connectivity index (χ1) is 19.7. The Morgan fingerprint density at radius 2 is 2.00 bits per heavy atom. The molecular formula is C28H33F2N9O2. The van der Waals surface area contributed by atoms with E-state index >= 15 is 0 Å². The maximum atomic E-state index is 13.5. The van der Waals surface area contributed by atoms with Crippen molar-refractivity contribution in [2.75, 3.05) is 26.2 Å². The van der Waals surface area contributed by atoms with Crippen LogP contribution in [0, 0.1) is 11.3 Å². The number of piperidine rings is 1. The zero-order chi connectivity index (χ0) is 29.1. The van der Waals surface area contributed by atoms with Gasteiger partial charge < -0.3 is 16.0 Å². The lowest BCUT2D eigenvalue weighted by molar-refractivity contribution is -0.130. The smallest absolute Gasteiger partial charge is 0.279 e. The number of hydrogen-bond donors (Lipinski definition) is 2. The molecule has 13 heteroatoms. The molecule has 0 radical (unpaired) electrons. The predicted octanol–water partition coefficient (Wildman–Crippen LogP) is 2.28. The predicted molar refractivity (Wildman–Crippen MR) is 147 cm³/mol. The summed E-state index contributed by atoms with van der Waals surface area (Å²) >= 11 is 0. The molecule has 0 atom stereocenters. The SMILES string of the molecule is CC(=O)N1CCC(N2CC(N=CC(NC(=O)c3cccc(-c4cnn(C5(C#N)CCC5)c4)n3)=C(N)C(F)F)C2)CC1. The van der Waals surface area contributed by atoms with Crippen molar-refractivity contribution >= 4 is 18.0 Å². The lowest BCUT2D eigenvalue weighted by atomic mass is 9.78. The van der Waals surface area contributed by atoms with E-state index in [0.717, 1.165) is 45.2 Å². The molecule has 0 bridgehead atoms. The van der Waals surface area contributed by atoms with Crippen LogP contribution in [-0.4, -0.2) is 87.3 Å². The number of rotatable bonds is 8. The zero-order valence-electron chi connectivity index (χ0n) is 22.8. The minimum Gasteiger partial charge on any atom is -0.396 e. The summed E-state index contributed by atoms with van der Waals surface area (Å²) in [7, 11) is 0. The van der Waals surface area contributed by atoms with E-state index in [-0.39, 0.29) is 23.3 Å². The van der Waals surface area contributed by atoms with E-state index < -0.39 is 23.6 Å². The number of carbonyl (C=O) groups is 2. The third-order valence-corrected chi connectivity index (χ3v) is 8.21. The Balaban J connectivity index is 1.22. The standard InChI is InChI=1S/C28H33F2N9O2/c1-18(40)37-10-6-21(7-11-37)38-15-20(16-38)33-13-24(25(32)26(29)30)36-27(41)23-5-2-4-22(35-23)19-12-34-39(14-19)28(17-31)8-3-9-28/h2,4-5,12-14,20-21,26H,3,6-11,15-16,32H2,1H3,(H,36,41). The summed E-state index contributed by atoms with van der Waals surface area (Å²) in [4.78, 5) is 37.5. The molecular weight excluding hydrogens is 532 g/mol. The number of allylic oxidation sites excluding steroid dienone is 2. The van der Waals surface area contributed by atoms with E-state index in [1.165, 1.54) is 12.3 Å².